The van der Waals surface area contributed by atoms with Crippen LogP contribution in [0.1, 0.15) is 5.56 Å². The van der Waals surface area contributed by atoms with Crippen molar-refractivity contribution in [1.29, 1.82) is 5.26 Å². The first-order valence-electron chi connectivity index (χ1n) is 9.80. The Bertz CT molecular complexity index is 1440. The topological polar surface area (TPSA) is 158 Å². The summed E-state index contributed by atoms with van der Waals surface area (Å²) in [5.74, 6) is -0.765. The zero-order valence-corrected chi connectivity index (χ0v) is 20.6. The number of halogens is 2. The molecule has 0 saturated carbocycles. The number of anilines is 1. The zero-order valence-electron chi connectivity index (χ0n) is 18.2. The van der Waals surface area contributed by atoms with Crippen LogP contribution in [0.25, 0.3) is 6.08 Å². The Balaban J connectivity index is 1.94. The van der Waals surface area contributed by atoms with Crippen LogP contribution >= 0.6 is 27.5 Å². The molecular formula is C23H14BrClN4O7. The normalized spacial score (nSPS) is 10.8. The van der Waals surface area contributed by atoms with E-state index in [1.807, 2.05) is 6.07 Å². The molecule has 0 aromatic heterocycles. The first-order chi connectivity index (χ1) is 17.1. The van der Waals surface area contributed by atoms with Gasteiger partial charge in [-0.2, -0.15) is 5.26 Å². The average molecular weight is 574 g/mol. The van der Waals surface area contributed by atoms with Gasteiger partial charge < -0.3 is 14.8 Å². The standard InChI is InChI=1S/C23H14BrClN4O7/c1-35-21-10-13(8-14(12-26)23(30)27-16-4-2-15(25)3-5-16)9-18(24)22(21)36-20-7-6-17(28(31)32)11-19(20)29(33)34/h2-11H,1H3,(H,27,30)/b14-8-. The molecule has 11 nitrogen and oxygen atoms in total. The van der Waals surface area contributed by atoms with Crippen LogP contribution < -0.4 is 14.8 Å². The van der Waals surface area contributed by atoms with Crippen LogP contribution in [0.3, 0.4) is 0 Å². The van der Waals surface area contributed by atoms with Crippen molar-refractivity contribution in [2.75, 3.05) is 12.4 Å². The van der Waals surface area contributed by atoms with Crippen molar-refractivity contribution in [3.63, 3.8) is 0 Å². The van der Waals surface area contributed by atoms with Crippen molar-refractivity contribution in [2.24, 2.45) is 0 Å². The number of nitriles is 1. The SMILES string of the molecule is COc1cc(/C=C(/C#N)C(=O)Nc2ccc(Cl)cc2)cc(Br)c1Oc1ccc([N+](=O)[O-])cc1[N+](=O)[O-]. The third-order valence-corrected chi connectivity index (χ3v) is 5.43. The number of carbonyl (C=O) groups excluding carboxylic acids is 1. The van der Waals surface area contributed by atoms with E-state index in [1.165, 1.54) is 25.3 Å². The Labute approximate surface area is 216 Å². The Morgan fingerprint density at radius 3 is 2.36 bits per heavy atom. The fourth-order valence-electron chi connectivity index (χ4n) is 2.93. The Morgan fingerprint density at radius 1 is 1.08 bits per heavy atom. The maximum absolute atomic E-state index is 12.5. The smallest absolute Gasteiger partial charge is 0.318 e. The van der Waals surface area contributed by atoms with Gasteiger partial charge in [-0.25, -0.2) is 0 Å². The number of hydrogen-bond acceptors (Lipinski definition) is 8. The van der Waals surface area contributed by atoms with Crippen LogP contribution in [0.15, 0.2) is 64.6 Å². The number of nitrogens with zero attached hydrogens (tertiary/aromatic N) is 3. The quantitative estimate of drug-likeness (QED) is 0.143. The van der Waals surface area contributed by atoms with Crippen LogP contribution in [0.5, 0.6) is 17.2 Å². The number of ether oxygens (including phenoxy) is 2. The highest BCUT2D eigenvalue weighted by atomic mass is 79.9. The first-order valence-corrected chi connectivity index (χ1v) is 11.0. The van der Waals surface area contributed by atoms with E-state index >= 15 is 0 Å². The van der Waals surface area contributed by atoms with Gasteiger partial charge in [0.15, 0.2) is 11.5 Å². The molecule has 13 heteroatoms. The molecule has 3 aromatic carbocycles. The van der Waals surface area contributed by atoms with Crippen molar-refractivity contribution in [1.82, 2.24) is 0 Å². The van der Waals surface area contributed by atoms with Crippen LogP contribution in [0.2, 0.25) is 5.02 Å². The largest absolute Gasteiger partial charge is 0.493 e. The molecule has 0 aliphatic rings. The summed E-state index contributed by atoms with van der Waals surface area (Å²) in [6.07, 6.45) is 1.32. The van der Waals surface area contributed by atoms with E-state index in [-0.39, 0.29) is 27.3 Å². The van der Waals surface area contributed by atoms with Crippen molar-refractivity contribution in [2.45, 2.75) is 0 Å². The summed E-state index contributed by atoms with van der Waals surface area (Å²) in [7, 11) is 1.32. The number of hydrogen-bond donors (Lipinski definition) is 1. The number of nitro groups is 2. The molecule has 0 bridgehead atoms. The lowest BCUT2D eigenvalue weighted by Crippen LogP contribution is -2.13. The third kappa shape index (κ3) is 6.15. The fourth-order valence-corrected chi connectivity index (χ4v) is 3.59. The monoisotopic (exact) mass is 572 g/mol. The molecule has 0 unspecified atom stereocenters. The molecule has 0 aliphatic heterocycles. The van der Waals surface area contributed by atoms with Gasteiger partial charge in [0.2, 0.25) is 5.75 Å². The fraction of sp³-hybridized carbons (Fsp3) is 0.0435. The number of nitrogens with one attached hydrogen (secondary N) is 1. The highest BCUT2D eigenvalue weighted by molar-refractivity contribution is 9.10. The van der Waals surface area contributed by atoms with Gasteiger partial charge in [0.05, 0.1) is 27.5 Å². The number of non-ortho nitro benzene ring substituents is 1. The number of methoxy groups -OCH3 is 1. The Kier molecular flexibility index (Phi) is 8.21. The Morgan fingerprint density at radius 2 is 1.78 bits per heavy atom. The summed E-state index contributed by atoms with van der Waals surface area (Å²) in [6, 6.07) is 14.1. The Hall–Kier alpha value is -4.47. The summed E-state index contributed by atoms with van der Waals surface area (Å²) in [6.45, 7) is 0. The molecule has 0 fully saturated rings. The molecule has 36 heavy (non-hydrogen) atoms. The number of benzene rings is 3. The number of rotatable bonds is 8. The molecule has 3 rings (SSSR count). The summed E-state index contributed by atoms with van der Waals surface area (Å²) >= 11 is 9.13. The summed E-state index contributed by atoms with van der Waals surface area (Å²) in [5.41, 5.74) is -0.474. The molecular weight excluding hydrogens is 560 g/mol. The molecule has 0 radical (unpaired) electrons. The molecule has 0 atom stereocenters. The van der Waals surface area contributed by atoms with Gasteiger partial charge in [0.25, 0.3) is 11.6 Å². The predicted molar refractivity (Wildman–Crippen MR) is 134 cm³/mol. The van der Waals surface area contributed by atoms with Crippen LogP contribution in [-0.4, -0.2) is 22.9 Å². The van der Waals surface area contributed by atoms with Crippen molar-refractivity contribution >= 4 is 56.6 Å². The van der Waals surface area contributed by atoms with Crippen molar-refractivity contribution < 1.29 is 24.1 Å². The molecule has 1 N–H and O–H groups in total. The number of amides is 1. The van der Waals surface area contributed by atoms with Gasteiger partial charge in [-0.1, -0.05) is 11.6 Å². The van der Waals surface area contributed by atoms with E-state index < -0.39 is 27.1 Å². The number of carbonyl (C=O) groups is 1. The zero-order chi connectivity index (χ0) is 26.4. The van der Waals surface area contributed by atoms with E-state index in [0.29, 0.717) is 16.3 Å². The minimum Gasteiger partial charge on any atom is -0.493 e. The van der Waals surface area contributed by atoms with Crippen molar-refractivity contribution in [3.8, 4) is 23.3 Å². The molecule has 1 amide bonds. The second-order valence-electron chi connectivity index (χ2n) is 6.93. The van der Waals surface area contributed by atoms with Gasteiger partial charge in [0.1, 0.15) is 11.6 Å². The summed E-state index contributed by atoms with van der Waals surface area (Å²) in [4.78, 5) is 33.4. The highest BCUT2D eigenvalue weighted by Gasteiger charge is 2.23. The summed E-state index contributed by atoms with van der Waals surface area (Å²) < 4.78 is 11.3. The lowest BCUT2D eigenvalue weighted by molar-refractivity contribution is -0.394. The van der Waals surface area contributed by atoms with Crippen LogP contribution in [0, 0.1) is 31.6 Å². The summed E-state index contributed by atoms with van der Waals surface area (Å²) in [5, 5.41) is 35.0. The van der Waals surface area contributed by atoms with Gasteiger partial charge in [-0.3, -0.25) is 25.0 Å². The molecule has 3 aromatic rings. The van der Waals surface area contributed by atoms with E-state index in [4.69, 9.17) is 21.1 Å². The van der Waals surface area contributed by atoms with E-state index in [2.05, 4.69) is 21.2 Å². The second-order valence-corrected chi connectivity index (χ2v) is 8.22. The minimum atomic E-state index is -0.807. The van der Waals surface area contributed by atoms with Gasteiger partial charge in [-0.15, -0.1) is 0 Å². The lowest BCUT2D eigenvalue weighted by atomic mass is 10.1. The maximum atomic E-state index is 12.5. The highest BCUT2D eigenvalue weighted by Crippen LogP contribution is 2.43. The van der Waals surface area contributed by atoms with Crippen LogP contribution in [-0.2, 0) is 4.79 Å². The molecule has 182 valence electrons. The predicted octanol–water partition coefficient (Wildman–Crippen LogP) is 6.27. The molecule has 0 heterocycles. The second kappa shape index (κ2) is 11.3. The van der Waals surface area contributed by atoms with Crippen molar-refractivity contribution in [3.05, 3.63) is 95.5 Å². The van der Waals surface area contributed by atoms with E-state index in [1.54, 1.807) is 24.3 Å². The van der Waals surface area contributed by atoms with E-state index in [9.17, 15) is 30.3 Å². The van der Waals surface area contributed by atoms with E-state index in [0.717, 1.165) is 18.2 Å². The molecule has 0 aliphatic carbocycles. The number of nitro benzene ring substituents is 2. The van der Waals surface area contributed by atoms with Gasteiger partial charge in [0, 0.05) is 16.8 Å². The van der Waals surface area contributed by atoms with Crippen LogP contribution in [0.4, 0.5) is 17.1 Å². The first kappa shape index (κ1) is 26.1. The lowest BCUT2D eigenvalue weighted by Gasteiger charge is -2.13. The minimum absolute atomic E-state index is 0.0377. The average Bonchev–Trinajstić information content (AvgIpc) is 2.85. The van der Waals surface area contributed by atoms with Gasteiger partial charge in [-0.05, 0) is 70.0 Å². The maximum Gasteiger partial charge on any atom is 0.318 e. The van der Waals surface area contributed by atoms with Gasteiger partial charge >= 0.3 is 5.69 Å². The molecule has 0 saturated heterocycles. The molecule has 0 spiro atoms. The third-order valence-electron chi connectivity index (χ3n) is 4.59.